The van der Waals surface area contributed by atoms with Crippen LogP contribution in [0.15, 0.2) is 54.7 Å². The fourth-order valence-corrected chi connectivity index (χ4v) is 2.28. The Morgan fingerprint density at radius 2 is 2.00 bits per heavy atom. The number of benzene rings is 2. The SMILES string of the molecule is Cc1ccc(Cl)c(OC(=O)c2cccc3ncccc23)c1. The maximum Gasteiger partial charge on any atom is 0.344 e. The monoisotopic (exact) mass is 297 g/mol. The quantitative estimate of drug-likeness (QED) is 0.519. The van der Waals surface area contributed by atoms with Gasteiger partial charge >= 0.3 is 5.97 Å². The van der Waals surface area contributed by atoms with Crippen LogP contribution in [0.25, 0.3) is 10.9 Å². The highest BCUT2D eigenvalue weighted by molar-refractivity contribution is 6.32. The Kier molecular flexibility index (Phi) is 3.59. The van der Waals surface area contributed by atoms with E-state index in [-0.39, 0.29) is 0 Å². The van der Waals surface area contributed by atoms with Crippen molar-refractivity contribution in [3.05, 3.63) is 70.9 Å². The normalized spacial score (nSPS) is 10.6. The summed E-state index contributed by atoms with van der Waals surface area (Å²) in [5, 5.41) is 1.17. The third-order valence-corrected chi connectivity index (χ3v) is 3.47. The first-order valence-corrected chi connectivity index (χ1v) is 6.85. The topological polar surface area (TPSA) is 39.2 Å². The van der Waals surface area contributed by atoms with E-state index in [0.29, 0.717) is 16.3 Å². The molecule has 0 aliphatic heterocycles. The Hall–Kier alpha value is -2.39. The van der Waals surface area contributed by atoms with Crippen molar-refractivity contribution in [3.8, 4) is 5.75 Å². The van der Waals surface area contributed by atoms with Crippen molar-refractivity contribution in [2.24, 2.45) is 0 Å². The van der Waals surface area contributed by atoms with E-state index in [2.05, 4.69) is 4.98 Å². The Morgan fingerprint density at radius 1 is 1.14 bits per heavy atom. The van der Waals surface area contributed by atoms with Crippen molar-refractivity contribution in [2.45, 2.75) is 6.92 Å². The fourth-order valence-electron chi connectivity index (χ4n) is 2.12. The van der Waals surface area contributed by atoms with Crippen LogP contribution in [0, 0.1) is 6.92 Å². The molecule has 2 aromatic carbocycles. The summed E-state index contributed by atoms with van der Waals surface area (Å²) in [5.41, 5.74) is 2.20. The van der Waals surface area contributed by atoms with Gasteiger partial charge in [-0.3, -0.25) is 4.98 Å². The molecule has 0 bridgehead atoms. The predicted octanol–water partition coefficient (Wildman–Crippen LogP) is 4.42. The molecule has 0 N–H and O–H groups in total. The number of carbonyl (C=O) groups excluding carboxylic acids is 1. The summed E-state index contributed by atoms with van der Waals surface area (Å²) in [5.74, 6) is -0.0799. The van der Waals surface area contributed by atoms with Crippen LogP contribution in [0.3, 0.4) is 0 Å². The van der Waals surface area contributed by atoms with Gasteiger partial charge in [0.05, 0.1) is 16.1 Å². The number of halogens is 1. The summed E-state index contributed by atoms with van der Waals surface area (Å²) in [6.45, 7) is 1.91. The van der Waals surface area contributed by atoms with Gasteiger partial charge in [-0.15, -0.1) is 0 Å². The number of aryl methyl sites for hydroxylation is 1. The first-order chi connectivity index (χ1) is 10.1. The number of ether oxygens (including phenoxy) is 1. The molecule has 0 fully saturated rings. The van der Waals surface area contributed by atoms with E-state index in [4.69, 9.17) is 16.3 Å². The number of hydrogen-bond acceptors (Lipinski definition) is 3. The first-order valence-electron chi connectivity index (χ1n) is 6.47. The van der Waals surface area contributed by atoms with Crippen LogP contribution in [0.5, 0.6) is 5.75 Å². The van der Waals surface area contributed by atoms with Gasteiger partial charge in [0.1, 0.15) is 5.75 Å². The zero-order valence-corrected chi connectivity index (χ0v) is 12.1. The van der Waals surface area contributed by atoms with E-state index < -0.39 is 5.97 Å². The highest BCUT2D eigenvalue weighted by Gasteiger charge is 2.14. The molecule has 4 heteroatoms. The molecule has 0 atom stereocenters. The lowest BCUT2D eigenvalue weighted by atomic mass is 10.1. The third-order valence-electron chi connectivity index (χ3n) is 3.15. The van der Waals surface area contributed by atoms with E-state index in [0.717, 1.165) is 16.5 Å². The molecule has 1 aromatic heterocycles. The van der Waals surface area contributed by atoms with Gasteiger partial charge < -0.3 is 4.74 Å². The number of aromatic nitrogens is 1. The average molecular weight is 298 g/mol. The molecule has 0 saturated carbocycles. The highest BCUT2D eigenvalue weighted by atomic mass is 35.5. The van der Waals surface area contributed by atoms with Gasteiger partial charge in [-0.1, -0.05) is 29.8 Å². The molecule has 0 aliphatic carbocycles. The molecule has 3 nitrogen and oxygen atoms in total. The van der Waals surface area contributed by atoms with Crippen molar-refractivity contribution in [3.63, 3.8) is 0 Å². The molecule has 0 aliphatic rings. The summed E-state index contributed by atoms with van der Waals surface area (Å²) in [7, 11) is 0. The number of fused-ring (bicyclic) bond motifs is 1. The van der Waals surface area contributed by atoms with Gasteiger partial charge in [-0.05, 0) is 42.8 Å². The molecule has 0 spiro atoms. The van der Waals surface area contributed by atoms with E-state index >= 15 is 0 Å². The largest absolute Gasteiger partial charge is 0.421 e. The lowest BCUT2D eigenvalue weighted by Gasteiger charge is -2.08. The molecule has 3 rings (SSSR count). The fraction of sp³-hybridized carbons (Fsp3) is 0.0588. The summed E-state index contributed by atoms with van der Waals surface area (Å²) < 4.78 is 5.42. The number of pyridine rings is 1. The lowest BCUT2D eigenvalue weighted by molar-refractivity contribution is 0.0737. The van der Waals surface area contributed by atoms with Gasteiger partial charge in [0.15, 0.2) is 0 Å². The predicted molar refractivity (Wildman–Crippen MR) is 82.9 cm³/mol. The van der Waals surface area contributed by atoms with E-state index in [1.54, 1.807) is 36.5 Å². The first kappa shape index (κ1) is 13.6. The maximum absolute atomic E-state index is 12.4. The zero-order valence-electron chi connectivity index (χ0n) is 11.3. The van der Waals surface area contributed by atoms with Gasteiger partial charge in [0.2, 0.25) is 0 Å². The highest BCUT2D eigenvalue weighted by Crippen LogP contribution is 2.27. The van der Waals surface area contributed by atoms with Crippen LogP contribution in [-0.4, -0.2) is 11.0 Å². The number of carbonyl (C=O) groups is 1. The summed E-state index contributed by atoms with van der Waals surface area (Å²) in [4.78, 5) is 16.6. The molecule has 0 unspecified atom stereocenters. The number of nitrogens with zero attached hydrogens (tertiary/aromatic N) is 1. The molecule has 0 amide bonds. The van der Waals surface area contributed by atoms with Gasteiger partial charge in [0.25, 0.3) is 0 Å². The summed E-state index contributed by atoms with van der Waals surface area (Å²) in [6, 6.07) is 14.3. The molecular formula is C17H12ClNO2. The van der Waals surface area contributed by atoms with E-state index in [1.807, 2.05) is 25.1 Å². The van der Waals surface area contributed by atoms with Gasteiger partial charge in [-0.25, -0.2) is 4.79 Å². The molecule has 3 aromatic rings. The second-order valence-corrected chi connectivity index (χ2v) is 5.11. The van der Waals surface area contributed by atoms with Crippen LogP contribution in [0.1, 0.15) is 15.9 Å². The second kappa shape index (κ2) is 5.54. The zero-order chi connectivity index (χ0) is 14.8. The van der Waals surface area contributed by atoms with Crippen LogP contribution in [0.2, 0.25) is 5.02 Å². The van der Waals surface area contributed by atoms with Crippen molar-refractivity contribution >= 4 is 28.5 Å². The molecule has 0 saturated heterocycles. The second-order valence-electron chi connectivity index (χ2n) is 4.70. The van der Waals surface area contributed by atoms with Crippen molar-refractivity contribution in [2.75, 3.05) is 0 Å². The Labute approximate surface area is 127 Å². The molecule has 1 heterocycles. The minimum Gasteiger partial charge on any atom is -0.421 e. The van der Waals surface area contributed by atoms with Gasteiger partial charge in [-0.2, -0.15) is 0 Å². The average Bonchev–Trinajstić information content (AvgIpc) is 2.50. The van der Waals surface area contributed by atoms with Crippen molar-refractivity contribution in [1.82, 2.24) is 4.98 Å². The summed E-state index contributed by atoms with van der Waals surface area (Å²) >= 11 is 6.06. The molecule has 104 valence electrons. The molecular weight excluding hydrogens is 286 g/mol. The van der Waals surface area contributed by atoms with Gasteiger partial charge in [0, 0.05) is 11.6 Å². The van der Waals surface area contributed by atoms with Crippen molar-refractivity contribution in [1.29, 1.82) is 0 Å². The minimum absolute atomic E-state index is 0.363. The van der Waals surface area contributed by atoms with Crippen LogP contribution >= 0.6 is 11.6 Å². The Morgan fingerprint density at radius 3 is 2.86 bits per heavy atom. The Bertz CT molecular complexity index is 825. The summed E-state index contributed by atoms with van der Waals surface area (Å²) in [6.07, 6.45) is 1.69. The number of rotatable bonds is 2. The number of esters is 1. The van der Waals surface area contributed by atoms with Crippen molar-refractivity contribution < 1.29 is 9.53 Å². The minimum atomic E-state index is -0.443. The van der Waals surface area contributed by atoms with Crippen LogP contribution < -0.4 is 4.74 Å². The maximum atomic E-state index is 12.4. The smallest absolute Gasteiger partial charge is 0.344 e. The standard InChI is InChI=1S/C17H12ClNO2/c1-11-7-8-14(18)16(10-11)21-17(20)13-4-2-6-15-12(13)5-3-9-19-15/h2-10H,1H3. The third kappa shape index (κ3) is 2.73. The molecule has 21 heavy (non-hydrogen) atoms. The van der Waals surface area contributed by atoms with Crippen LogP contribution in [-0.2, 0) is 0 Å². The number of hydrogen-bond donors (Lipinski definition) is 0. The van der Waals surface area contributed by atoms with E-state index in [1.165, 1.54) is 0 Å². The molecule has 0 radical (unpaired) electrons. The van der Waals surface area contributed by atoms with Crippen LogP contribution in [0.4, 0.5) is 0 Å². The van der Waals surface area contributed by atoms with E-state index in [9.17, 15) is 4.79 Å². The lowest BCUT2D eigenvalue weighted by Crippen LogP contribution is -2.09. The Balaban J connectivity index is 1.99.